The molecular weight excluding hydrogens is 342 g/mol. The first-order valence-electron chi connectivity index (χ1n) is 9.16. The minimum Gasteiger partial charge on any atom is -0.496 e. The molecule has 7 heteroatoms. The smallest absolute Gasteiger partial charge is 0.243 e. The second-order valence-electron chi connectivity index (χ2n) is 6.75. The van der Waals surface area contributed by atoms with Crippen LogP contribution >= 0.6 is 0 Å². The van der Waals surface area contributed by atoms with Crippen LogP contribution in [0.25, 0.3) is 22.5 Å². The molecule has 0 radical (unpaired) electrons. The number of benzene rings is 1. The standard InChI is InChI=1S/C20H23N5O2/c1-24-12-14(11-23-24)19-18(15-7-3-4-9-17(15)27-2)22-13-25(19)16-8-5-6-10-21-20(16)26/h3-4,7,9,11-13,16H,5-6,8,10H2,1-2H3,(H,21,26)/t16-/m1/s1. The molecule has 0 unspecified atom stereocenters. The Morgan fingerprint density at radius 3 is 2.89 bits per heavy atom. The second-order valence-corrected chi connectivity index (χ2v) is 6.75. The molecule has 1 fully saturated rings. The molecule has 1 N–H and O–H groups in total. The van der Waals surface area contributed by atoms with Crippen molar-refractivity contribution in [2.45, 2.75) is 25.3 Å². The van der Waals surface area contributed by atoms with Gasteiger partial charge in [0.2, 0.25) is 5.91 Å². The van der Waals surface area contributed by atoms with Gasteiger partial charge >= 0.3 is 0 Å². The van der Waals surface area contributed by atoms with Crippen molar-refractivity contribution in [1.82, 2.24) is 24.6 Å². The molecule has 0 aliphatic carbocycles. The lowest BCUT2D eigenvalue weighted by Gasteiger charge is -2.18. The van der Waals surface area contributed by atoms with Crippen molar-refractivity contribution in [2.24, 2.45) is 7.05 Å². The highest BCUT2D eigenvalue weighted by molar-refractivity contribution is 5.85. The number of hydrogen-bond donors (Lipinski definition) is 1. The number of aromatic nitrogens is 4. The van der Waals surface area contributed by atoms with Crippen molar-refractivity contribution in [3.05, 3.63) is 43.0 Å². The first kappa shape index (κ1) is 17.3. The molecule has 0 saturated carbocycles. The number of ether oxygens (including phenoxy) is 1. The molecular formula is C20H23N5O2. The first-order chi connectivity index (χ1) is 13.2. The van der Waals surface area contributed by atoms with E-state index in [0.717, 1.165) is 54.1 Å². The van der Waals surface area contributed by atoms with Gasteiger partial charge in [0.1, 0.15) is 17.5 Å². The minimum absolute atomic E-state index is 0.0432. The first-order valence-corrected chi connectivity index (χ1v) is 9.16. The zero-order valence-corrected chi connectivity index (χ0v) is 15.6. The molecule has 7 nitrogen and oxygen atoms in total. The molecule has 4 rings (SSSR count). The Hall–Kier alpha value is -3.09. The third-order valence-electron chi connectivity index (χ3n) is 4.98. The average molecular weight is 365 g/mol. The number of methoxy groups -OCH3 is 1. The van der Waals surface area contributed by atoms with Crippen LogP contribution in [0.1, 0.15) is 25.3 Å². The van der Waals surface area contributed by atoms with Gasteiger partial charge in [-0.3, -0.25) is 9.48 Å². The van der Waals surface area contributed by atoms with Gasteiger partial charge in [-0.15, -0.1) is 0 Å². The number of rotatable bonds is 4. The van der Waals surface area contributed by atoms with Crippen LogP contribution < -0.4 is 10.1 Å². The van der Waals surface area contributed by atoms with E-state index in [9.17, 15) is 4.79 Å². The maximum atomic E-state index is 12.7. The van der Waals surface area contributed by atoms with Crippen LogP contribution in [-0.4, -0.2) is 38.9 Å². The van der Waals surface area contributed by atoms with Crippen LogP contribution in [0.3, 0.4) is 0 Å². The van der Waals surface area contributed by atoms with Gasteiger partial charge in [0.15, 0.2) is 0 Å². The highest BCUT2D eigenvalue weighted by atomic mass is 16.5. The molecule has 1 atom stereocenters. The van der Waals surface area contributed by atoms with Crippen molar-refractivity contribution in [3.63, 3.8) is 0 Å². The summed E-state index contributed by atoms with van der Waals surface area (Å²) in [5.41, 5.74) is 3.49. The van der Waals surface area contributed by atoms with E-state index in [4.69, 9.17) is 4.74 Å². The number of carbonyl (C=O) groups is 1. The van der Waals surface area contributed by atoms with Gasteiger partial charge in [-0.2, -0.15) is 5.10 Å². The summed E-state index contributed by atoms with van der Waals surface area (Å²) < 4.78 is 9.28. The monoisotopic (exact) mass is 365 g/mol. The van der Waals surface area contributed by atoms with Crippen LogP contribution in [0.5, 0.6) is 5.75 Å². The number of nitrogens with one attached hydrogen (secondary N) is 1. The Bertz CT molecular complexity index is 959. The van der Waals surface area contributed by atoms with Gasteiger partial charge in [0.25, 0.3) is 0 Å². The molecule has 0 spiro atoms. The van der Waals surface area contributed by atoms with E-state index in [-0.39, 0.29) is 11.9 Å². The third kappa shape index (κ3) is 3.20. The number of para-hydroxylation sites is 1. The van der Waals surface area contributed by atoms with Crippen LogP contribution in [0.4, 0.5) is 0 Å². The lowest BCUT2D eigenvalue weighted by molar-refractivity contribution is -0.124. The zero-order chi connectivity index (χ0) is 18.8. The van der Waals surface area contributed by atoms with Gasteiger partial charge in [-0.05, 0) is 31.4 Å². The van der Waals surface area contributed by atoms with E-state index in [1.165, 1.54) is 0 Å². The largest absolute Gasteiger partial charge is 0.496 e. The zero-order valence-electron chi connectivity index (χ0n) is 15.6. The third-order valence-corrected chi connectivity index (χ3v) is 4.98. The topological polar surface area (TPSA) is 74.0 Å². The molecule has 3 heterocycles. The molecule has 1 aliphatic rings. The molecule has 0 bridgehead atoms. The summed E-state index contributed by atoms with van der Waals surface area (Å²) in [7, 11) is 3.53. The quantitative estimate of drug-likeness (QED) is 0.772. The van der Waals surface area contributed by atoms with Crippen LogP contribution in [0.2, 0.25) is 0 Å². The Labute approximate surface area is 158 Å². The van der Waals surface area contributed by atoms with E-state index in [0.29, 0.717) is 0 Å². The van der Waals surface area contributed by atoms with E-state index in [1.54, 1.807) is 24.3 Å². The average Bonchev–Trinajstić information content (AvgIpc) is 3.24. The Balaban J connectivity index is 1.90. The Morgan fingerprint density at radius 1 is 1.26 bits per heavy atom. The van der Waals surface area contributed by atoms with Crippen LogP contribution in [0.15, 0.2) is 43.0 Å². The predicted molar refractivity (Wildman–Crippen MR) is 102 cm³/mol. The maximum Gasteiger partial charge on any atom is 0.243 e. The van der Waals surface area contributed by atoms with Crippen molar-refractivity contribution in [1.29, 1.82) is 0 Å². The van der Waals surface area contributed by atoms with E-state index < -0.39 is 0 Å². The highest BCUT2D eigenvalue weighted by Gasteiger charge is 2.28. The molecule has 2 aromatic heterocycles. The SMILES string of the molecule is COc1ccccc1-c1ncn([C@@H]2CCCCNC2=O)c1-c1cnn(C)c1. The fourth-order valence-corrected chi connectivity index (χ4v) is 3.65. The van der Waals surface area contributed by atoms with Crippen molar-refractivity contribution in [3.8, 4) is 28.3 Å². The summed E-state index contributed by atoms with van der Waals surface area (Å²) in [4.78, 5) is 17.4. The summed E-state index contributed by atoms with van der Waals surface area (Å²) in [6.45, 7) is 0.728. The normalized spacial score (nSPS) is 17.4. The fourth-order valence-electron chi connectivity index (χ4n) is 3.65. The van der Waals surface area contributed by atoms with Gasteiger partial charge in [0, 0.05) is 30.9 Å². The summed E-state index contributed by atoms with van der Waals surface area (Å²) in [6, 6.07) is 7.51. The lowest BCUT2D eigenvalue weighted by atomic mass is 10.0. The maximum absolute atomic E-state index is 12.7. The lowest BCUT2D eigenvalue weighted by Crippen LogP contribution is -2.30. The molecule has 1 aliphatic heterocycles. The molecule has 1 aromatic carbocycles. The van der Waals surface area contributed by atoms with Crippen molar-refractivity contribution < 1.29 is 9.53 Å². The van der Waals surface area contributed by atoms with Crippen LogP contribution in [-0.2, 0) is 11.8 Å². The summed E-state index contributed by atoms with van der Waals surface area (Å²) in [5, 5.41) is 7.33. The molecule has 140 valence electrons. The highest BCUT2D eigenvalue weighted by Crippen LogP contribution is 2.38. The number of carbonyl (C=O) groups excluding carboxylic acids is 1. The van der Waals surface area contributed by atoms with E-state index in [1.807, 2.05) is 42.1 Å². The summed E-state index contributed by atoms with van der Waals surface area (Å²) >= 11 is 0. The molecule has 1 saturated heterocycles. The summed E-state index contributed by atoms with van der Waals surface area (Å²) in [6.07, 6.45) is 8.30. The Morgan fingerprint density at radius 2 is 2.11 bits per heavy atom. The molecule has 27 heavy (non-hydrogen) atoms. The number of hydrogen-bond acceptors (Lipinski definition) is 4. The van der Waals surface area contributed by atoms with Gasteiger partial charge in [-0.25, -0.2) is 4.98 Å². The number of amides is 1. The van der Waals surface area contributed by atoms with Gasteiger partial charge in [0.05, 0.1) is 25.3 Å². The number of aryl methyl sites for hydroxylation is 1. The fraction of sp³-hybridized carbons (Fsp3) is 0.350. The predicted octanol–water partition coefficient (Wildman–Crippen LogP) is 2.80. The minimum atomic E-state index is -0.279. The number of nitrogens with zero attached hydrogens (tertiary/aromatic N) is 4. The van der Waals surface area contributed by atoms with Gasteiger partial charge in [-0.1, -0.05) is 12.1 Å². The van der Waals surface area contributed by atoms with E-state index >= 15 is 0 Å². The van der Waals surface area contributed by atoms with Crippen LogP contribution in [0, 0.1) is 0 Å². The van der Waals surface area contributed by atoms with Crippen molar-refractivity contribution >= 4 is 5.91 Å². The van der Waals surface area contributed by atoms with E-state index in [2.05, 4.69) is 15.4 Å². The van der Waals surface area contributed by atoms with Crippen molar-refractivity contribution in [2.75, 3.05) is 13.7 Å². The Kier molecular flexibility index (Phi) is 4.66. The molecule has 1 amide bonds. The van der Waals surface area contributed by atoms with Gasteiger partial charge < -0.3 is 14.6 Å². The molecule has 3 aromatic rings. The number of imidazole rings is 1. The second kappa shape index (κ2) is 7.26. The summed E-state index contributed by atoms with van der Waals surface area (Å²) in [5.74, 6) is 0.792.